The molecule has 120 valence electrons. The van der Waals surface area contributed by atoms with E-state index in [9.17, 15) is 0 Å². The van der Waals surface area contributed by atoms with Crippen LogP contribution in [0.3, 0.4) is 0 Å². The van der Waals surface area contributed by atoms with Crippen molar-refractivity contribution in [2.75, 3.05) is 0 Å². The van der Waals surface area contributed by atoms with Crippen LogP contribution in [0.5, 0.6) is 23.5 Å². The van der Waals surface area contributed by atoms with E-state index in [1.54, 1.807) is 48.5 Å². The van der Waals surface area contributed by atoms with Crippen molar-refractivity contribution in [3.8, 4) is 35.7 Å². The van der Waals surface area contributed by atoms with Gasteiger partial charge in [-0.05, 0) is 24.3 Å². The van der Waals surface area contributed by atoms with Gasteiger partial charge in [0.25, 0.3) is 0 Å². The average molecular weight is 329 g/mol. The Morgan fingerprint density at radius 3 is 1.52 bits per heavy atom. The van der Waals surface area contributed by atoms with Gasteiger partial charge in [0.2, 0.25) is 0 Å². The Morgan fingerprint density at radius 1 is 0.680 bits per heavy atom. The van der Waals surface area contributed by atoms with E-state index in [2.05, 4.69) is 15.0 Å². The number of para-hydroxylation sites is 2. The zero-order chi connectivity index (χ0) is 17.5. The zero-order valence-corrected chi connectivity index (χ0v) is 12.9. The molecule has 3 aromatic rings. The fraction of sp³-hybridized carbons (Fsp3) is 0.0556. The molecule has 0 aliphatic heterocycles. The van der Waals surface area contributed by atoms with Crippen molar-refractivity contribution >= 4 is 0 Å². The van der Waals surface area contributed by atoms with Gasteiger partial charge in [0.1, 0.15) is 11.5 Å². The van der Waals surface area contributed by atoms with Crippen molar-refractivity contribution in [1.29, 1.82) is 10.5 Å². The molecule has 0 spiro atoms. The monoisotopic (exact) mass is 329 g/mol. The van der Waals surface area contributed by atoms with Gasteiger partial charge in [-0.1, -0.05) is 36.4 Å². The molecular weight excluding hydrogens is 318 g/mol. The molecule has 0 atom stereocenters. The molecule has 0 bridgehead atoms. The molecule has 1 aromatic heterocycles. The first kappa shape index (κ1) is 15.9. The van der Waals surface area contributed by atoms with E-state index in [0.29, 0.717) is 11.5 Å². The summed E-state index contributed by atoms with van der Waals surface area (Å²) in [6, 6.07) is 21.3. The van der Waals surface area contributed by atoms with E-state index >= 15 is 0 Å². The largest absolute Gasteiger partial charge is 0.424 e. The summed E-state index contributed by atoms with van der Waals surface area (Å²) in [6.07, 6.45) is 0. The maximum absolute atomic E-state index is 9.09. The summed E-state index contributed by atoms with van der Waals surface area (Å²) >= 11 is 0. The van der Waals surface area contributed by atoms with E-state index in [1.165, 1.54) is 0 Å². The topological polar surface area (TPSA) is 105 Å². The molecule has 0 radical (unpaired) electrons. The molecule has 1 heterocycles. The minimum atomic E-state index is -1.15. The van der Waals surface area contributed by atoms with Crippen molar-refractivity contribution in [2.24, 2.45) is 0 Å². The molecule has 0 aliphatic carbocycles. The molecule has 0 saturated carbocycles. The normalized spacial score (nSPS) is 9.88. The summed E-state index contributed by atoms with van der Waals surface area (Å²) in [6.45, 7) is 0. The molecule has 2 aromatic carbocycles. The lowest BCUT2D eigenvalue weighted by molar-refractivity contribution is 0.392. The van der Waals surface area contributed by atoms with Crippen LogP contribution in [-0.4, -0.2) is 15.0 Å². The highest BCUT2D eigenvalue weighted by atomic mass is 16.5. The highest BCUT2D eigenvalue weighted by Gasteiger charge is 2.18. The standard InChI is InChI=1S/C18H11N5O2/c19-11-13(12-20)16-21-17(24-14-7-3-1-4-8-14)23-18(22-16)25-15-9-5-2-6-10-15/h1-10,13H. The Hall–Kier alpha value is -3.97. The van der Waals surface area contributed by atoms with Crippen LogP contribution in [-0.2, 0) is 0 Å². The summed E-state index contributed by atoms with van der Waals surface area (Å²) in [4.78, 5) is 12.2. The molecule has 25 heavy (non-hydrogen) atoms. The third kappa shape index (κ3) is 4.06. The van der Waals surface area contributed by atoms with Gasteiger partial charge in [0.15, 0.2) is 11.7 Å². The summed E-state index contributed by atoms with van der Waals surface area (Å²) in [5.41, 5.74) is 0. The smallest absolute Gasteiger partial charge is 0.328 e. The summed E-state index contributed by atoms with van der Waals surface area (Å²) in [5, 5.41) is 18.2. The maximum atomic E-state index is 9.09. The van der Waals surface area contributed by atoms with Gasteiger partial charge in [-0.25, -0.2) is 0 Å². The van der Waals surface area contributed by atoms with E-state index in [0.717, 1.165) is 0 Å². The number of hydrogen-bond acceptors (Lipinski definition) is 7. The van der Waals surface area contributed by atoms with Gasteiger partial charge < -0.3 is 9.47 Å². The Labute approximate surface area is 143 Å². The quantitative estimate of drug-likeness (QED) is 0.704. The van der Waals surface area contributed by atoms with Crippen molar-refractivity contribution in [1.82, 2.24) is 15.0 Å². The van der Waals surface area contributed by atoms with Gasteiger partial charge >= 0.3 is 12.0 Å². The second-order valence-electron chi connectivity index (χ2n) is 4.78. The van der Waals surface area contributed by atoms with E-state index in [4.69, 9.17) is 20.0 Å². The van der Waals surface area contributed by atoms with Gasteiger partial charge in [-0.15, -0.1) is 4.98 Å². The zero-order valence-electron chi connectivity index (χ0n) is 12.9. The van der Waals surface area contributed by atoms with Crippen molar-refractivity contribution in [3.05, 3.63) is 66.5 Å². The fourth-order valence-electron chi connectivity index (χ4n) is 1.91. The van der Waals surface area contributed by atoms with Gasteiger partial charge in [-0.3, -0.25) is 0 Å². The Balaban J connectivity index is 1.96. The third-order valence-electron chi connectivity index (χ3n) is 3.03. The minimum Gasteiger partial charge on any atom is -0.424 e. The summed E-state index contributed by atoms with van der Waals surface area (Å²) < 4.78 is 11.2. The number of aromatic nitrogens is 3. The van der Waals surface area contributed by atoms with Crippen molar-refractivity contribution < 1.29 is 9.47 Å². The summed E-state index contributed by atoms with van der Waals surface area (Å²) in [7, 11) is 0. The highest BCUT2D eigenvalue weighted by molar-refractivity contribution is 5.29. The van der Waals surface area contributed by atoms with Crippen LogP contribution in [0.4, 0.5) is 0 Å². The average Bonchev–Trinajstić information content (AvgIpc) is 2.64. The highest BCUT2D eigenvalue weighted by Crippen LogP contribution is 2.24. The maximum Gasteiger partial charge on any atom is 0.328 e. The third-order valence-corrected chi connectivity index (χ3v) is 3.03. The second kappa shape index (κ2) is 7.53. The minimum absolute atomic E-state index is 0.0307. The van der Waals surface area contributed by atoms with Crippen molar-refractivity contribution in [2.45, 2.75) is 5.92 Å². The number of benzene rings is 2. The number of hydrogen-bond donors (Lipinski definition) is 0. The van der Waals surface area contributed by atoms with Gasteiger partial charge in [0, 0.05) is 0 Å². The van der Waals surface area contributed by atoms with Crippen LogP contribution >= 0.6 is 0 Å². The number of nitriles is 2. The van der Waals surface area contributed by atoms with Crippen LogP contribution in [0.2, 0.25) is 0 Å². The molecule has 7 nitrogen and oxygen atoms in total. The first-order valence-corrected chi connectivity index (χ1v) is 7.29. The lowest BCUT2D eigenvalue weighted by Crippen LogP contribution is -2.06. The molecular formula is C18H11N5O2. The second-order valence-corrected chi connectivity index (χ2v) is 4.78. The van der Waals surface area contributed by atoms with Crippen LogP contribution in [0, 0.1) is 22.7 Å². The molecule has 0 aliphatic rings. The van der Waals surface area contributed by atoms with Crippen LogP contribution in [0.1, 0.15) is 11.7 Å². The first-order chi connectivity index (χ1) is 12.3. The molecule has 0 saturated heterocycles. The number of nitrogens with zero attached hydrogens (tertiary/aromatic N) is 5. The van der Waals surface area contributed by atoms with Crippen LogP contribution in [0.25, 0.3) is 0 Å². The molecule has 3 rings (SSSR count). The lowest BCUT2D eigenvalue weighted by atomic mass is 10.2. The van der Waals surface area contributed by atoms with Gasteiger partial charge in [0.05, 0.1) is 12.1 Å². The molecule has 0 amide bonds. The van der Waals surface area contributed by atoms with E-state index in [1.807, 2.05) is 24.3 Å². The molecule has 7 heteroatoms. The lowest BCUT2D eigenvalue weighted by Gasteiger charge is -2.09. The molecule has 0 unspecified atom stereocenters. The Kier molecular flexibility index (Phi) is 4.79. The predicted octanol–water partition coefficient (Wildman–Crippen LogP) is 3.59. The van der Waals surface area contributed by atoms with Crippen LogP contribution < -0.4 is 9.47 Å². The van der Waals surface area contributed by atoms with E-state index < -0.39 is 5.92 Å². The predicted molar refractivity (Wildman–Crippen MR) is 86.8 cm³/mol. The number of rotatable bonds is 5. The SMILES string of the molecule is N#CC(C#N)c1nc(Oc2ccccc2)nc(Oc2ccccc2)n1. The number of ether oxygens (including phenoxy) is 2. The van der Waals surface area contributed by atoms with Crippen LogP contribution in [0.15, 0.2) is 60.7 Å². The Morgan fingerprint density at radius 2 is 1.12 bits per heavy atom. The fourth-order valence-corrected chi connectivity index (χ4v) is 1.91. The summed E-state index contributed by atoms with van der Waals surface area (Å²) in [5.74, 6) is -0.164. The van der Waals surface area contributed by atoms with Gasteiger partial charge in [-0.2, -0.15) is 20.5 Å². The Bertz CT molecular complexity index is 859. The van der Waals surface area contributed by atoms with E-state index in [-0.39, 0.29) is 17.8 Å². The molecule has 0 N–H and O–H groups in total. The molecule has 0 fully saturated rings. The van der Waals surface area contributed by atoms with Crippen molar-refractivity contribution in [3.63, 3.8) is 0 Å². The first-order valence-electron chi connectivity index (χ1n) is 7.29.